The summed E-state index contributed by atoms with van der Waals surface area (Å²) in [5, 5.41) is 1.85. The average Bonchev–Trinajstić information content (AvgIpc) is 2.44. The molecule has 0 N–H and O–H groups in total. The van der Waals surface area contributed by atoms with Crippen LogP contribution in [0.4, 0.5) is 0 Å². The summed E-state index contributed by atoms with van der Waals surface area (Å²) >= 11 is 2.31. The molecule has 0 aliphatic rings. The van der Waals surface area contributed by atoms with E-state index in [2.05, 4.69) is 39.5 Å². The first-order chi connectivity index (χ1) is 9.28. The predicted molar refractivity (Wildman–Crippen MR) is 93.3 cm³/mol. The van der Waals surface area contributed by atoms with Crippen LogP contribution in [-0.4, -0.2) is 10.5 Å². The zero-order valence-electron chi connectivity index (χ0n) is 14.0. The van der Waals surface area contributed by atoms with Crippen LogP contribution >= 0.6 is 11.8 Å². The molecule has 0 aromatic rings. The van der Waals surface area contributed by atoms with E-state index in [9.17, 15) is 0 Å². The molecule has 0 heterocycles. The van der Waals surface area contributed by atoms with Crippen molar-refractivity contribution >= 4 is 11.8 Å². The van der Waals surface area contributed by atoms with Crippen LogP contribution in [0, 0.1) is 0 Å². The van der Waals surface area contributed by atoms with E-state index >= 15 is 0 Å². The fourth-order valence-corrected chi connectivity index (χ4v) is 4.14. The van der Waals surface area contributed by atoms with Crippen LogP contribution < -0.4 is 0 Å². The van der Waals surface area contributed by atoms with Crippen LogP contribution in [0.2, 0.25) is 0 Å². The largest absolute Gasteiger partial charge is 0.155 e. The van der Waals surface area contributed by atoms with E-state index < -0.39 is 0 Å². The van der Waals surface area contributed by atoms with E-state index in [1.165, 1.54) is 77.0 Å². The van der Waals surface area contributed by atoms with E-state index in [0.29, 0.717) is 0 Å². The predicted octanol–water partition coefficient (Wildman–Crippen LogP) is 7.22. The zero-order valence-corrected chi connectivity index (χ0v) is 14.9. The number of hydrogen-bond donors (Lipinski definition) is 0. The van der Waals surface area contributed by atoms with Gasteiger partial charge in [0.15, 0.2) is 0 Å². The highest BCUT2D eigenvalue weighted by Gasteiger charge is 2.13. The molecule has 116 valence electrons. The van der Waals surface area contributed by atoms with Gasteiger partial charge in [0.2, 0.25) is 0 Å². The number of rotatable bonds is 14. The van der Waals surface area contributed by atoms with Gasteiger partial charge < -0.3 is 0 Å². The van der Waals surface area contributed by atoms with E-state index in [1.807, 2.05) is 0 Å². The Hall–Kier alpha value is 0.350. The Bertz CT molecular complexity index is 149. The molecule has 0 aliphatic heterocycles. The van der Waals surface area contributed by atoms with Crippen LogP contribution in [-0.2, 0) is 0 Å². The van der Waals surface area contributed by atoms with Gasteiger partial charge in [-0.25, -0.2) is 0 Å². The molecule has 0 saturated heterocycles. The highest BCUT2D eigenvalue weighted by atomic mass is 32.2. The average molecular weight is 287 g/mol. The lowest BCUT2D eigenvalue weighted by Crippen LogP contribution is -2.10. The summed E-state index contributed by atoms with van der Waals surface area (Å²) < 4.78 is 0. The molecule has 0 saturated carbocycles. The topological polar surface area (TPSA) is 0 Å². The maximum atomic E-state index is 2.38. The summed E-state index contributed by atoms with van der Waals surface area (Å²) in [4.78, 5) is 0. The van der Waals surface area contributed by atoms with Crippen molar-refractivity contribution in [3.63, 3.8) is 0 Å². The van der Waals surface area contributed by atoms with Crippen molar-refractivity contribution in [3.05, 3.63) is 0 Å². The Kier molecular flexibility index (Phi) is 15.0. The van der Waals surface area contributed by atoms with Gasteiger partial charge in [0.1, 0.15) is 0 Å². The minimum Gasteiger partial charge on any atom is -0.155 e. The van der Waals surface area contributed by atoms with Crippen LogP contribution in [0.1, 0.15) is 105 Å². The molecule has 0 aromatic carbocycles. The number of unbranched alkanes of at least 4 members (excludes halogenated alkanes) is 6. The van der Waals surface area contributed by atoms with Gasteiger partial charge in [0, 0.05) is 10.5 Å². The second-order valence-electron chi connectivity index (χ2n) is 5.90. The Labute approximate surface area is 127 Å². The fraction of sp³-hybridized carbons (Fsp3) is 1.00. The van der Waals surface area contributed by atoms with Gasteiger partial charge in [0.25, 0.3) is 0 Å². The van der Waals surface area contributed by atoms with Crippen molar-refractivity contribution in [3.8, 4) is 0 Å². The lowest BCUT2D eigenvalue weighted by Gasteiger charge is -2.21. The zero-order chi connectivity index (χ0) is 14.3. The van der Waals surface area contributed by atoms with Crippen molar-refractivity contribution < 1.29 is 0 Å². The standard InChI is InChI=1S/C18H38S/c1-5-9-11-13-15-17(7-3)19-18(8-4)16-14-12-10-6-2/h17-18H,5-16H2,1-4H3. The van der Waals surface area contributed by atoms with E-state index in [1.54, 1.807) is 0 Å². The fourth-order valence-electron chi connectivity index (χ4n) is 2.61. The maximum absolute atomic E-state index is 2.38. The monoisotopic (exact) mass is 286 g/mol. The quantitative estimate of drug-likeness (QED) is 0.304. The summed E-state index contributed by atoms with van der Waals surface area (Å²) in [5.74, 6) is 0. The Morgan fingerprint density at radius 2 is 1.00 bits per heavy atom. The number of thioether (sulfide) groups is 1. The van der Waals surface area contributed by atoms with Crippen molar-refractivity contribution in [2.45, 2.75) is 115 Å². The molecule has 1 heteroatoms. The van der Waals surface area contributed by atoms with Gasteiger partial charge in [-0.2, -0.15) is 11.8 Å². The summed E-state index contributed by atoms with van der Waals surface area (Å²) in [5.41, 5.74) is 0. The summed E-state index contributed by atoms with van der Waals surface area (Å²) in [6, 6.07) is 0. The Morgan fingerprint density at radius 1 is 0.579 bits per heavy atom. The molecule has 2 unspecified atom stereocenters. The lowest BCUT2D eigenvalue weighted by molar-refractivity contribution is 0.594. The van der Waals surface area contributed by atoms with Crippen LogP contribution in [0.25, 0.3) is 0 Å². The Balaban J connectivity index is 3.76. The highest BCUT2D eigenvalue weighted by Crippen LogP contribution is 2.30. The SMILES string of the molecule is CCCCCCC(CC)SC(CC)CCCCCC. The van der Waals surface area contributed by atoms with E-state index in [4.69, 9.17) is 0 Å². The molecule has 0 radical (unpaired) electrons. The first-order valence-electron chi connectivity index (χ1n) is 8.93. The minimum atomic E-state index is 0.924. The summed E-state index contributed by atoms with van der Waals surface area (Å²) in [6.45, 7) is 9.35. The van der Waals surface area contributed by atoms with Gasteiger partial charge >= 0.3 is 0 Å². The molecular formula is C18H38S. The third-order valence-electron chi connectivity index (χ3n) is 4.05. The van der Waals surface area contributed by atoms with Crippen molar-refractivity contribution in [2.75, 3.05) is 0 Å². The normalized spacial score (nSPS) is 14.5. The molecule has 0 bridgehead atoms. The molecule has 0 rings (SSSR count). The van der Waals surface area contributed by atoms with Gasteiger partial charge in [-0.05, 0) is 25.7 Å². The maximum Gasteiger partial charge on any atom is 0.00472 e. The van der Waals surface area contributed by atoms with E-state index in [-0.39, 0.29) is 0 Å². The molecule has 0 fully saturated rings. The first kappa shape index (κ1) is 19.4. The number of hydrogen-bond acceptors (Lipinski definition) is 1. The van der Waals surface area contributed by atoms with Gasteiger partial charge in [-0.1, -0.05) is 79.1 Å². The first-order valence-corrected chi connectivity index (χ1v) is 9.88. The van der Waals surface area contributed by atoms with Gasteiger partial charge in [-0.3, -0.25) is 0 Å². The van der Waals surface area contributed by atoms with Gasteiger partial charge in [-0.15, -0.1) is 0 Å². The van der Waals surface area contributed by atoms with Crippen LogP contribution in [0.15, 0.2) is 0 Å². The van der Waals surface area contributed by atoms with E-state index in [0.717, 1.165) is 10.5 Å². The lowest BCUT2D eigenvalue weighted by atomic mass is 10.1. The minimum absolute atomic E-state index is 0.924. The van der Waals surface area contributed by atoms with Crippen LogP contribution in [0.3, 0.4) is 0 Å². The third-order valence-corrected chi connectivity index (χ3v) is 5.96. The summed E-state index contributed by atoms with van der Waals surface area (Å²) in [6.07, 6.45) is 17.0. The van der Waals surface area contributed by atoms with Crippen molar-refractivity contribution in [2.24, 2.45) is 0 Å². The molecule has 0 aromatic heterocycles. The van der Waals surface area contributed by atoms with Crippen molar-refractivity contribution in [1.29, 1.82) is 0 Å². The smallest absolute Gasteiger partial charge is 0.00472 e. The molecule has 0 aliphatic carbocycles. The second kappa shape index (κ2) is 14.8. The molecule has 2 atom stereocenters. The second-order valence-corrected chi connectivity index (χ2v) is 7.50. The Morgan fingerprint density at radius 3 is 1.32 bits per heavy atom. The highest BCUT2D eigenvalue weighted by molar-refractivity contribution is 8.00. The molecule has 19 heavy (non-hydrogen) atoms. The summed E-state index contributed by atoms with van der Waals surface area (Å²) in [7, 11) is 0. The molecule has 0 nitrogen and oxygen atoms in total. The molecular weight excluding hydrogens is 248 g/mol. The molecule has 0 amide bonds. The van der Waals surface area contributed by atoms with Crippen molar-refractivity contribution in [1.82, 2.24) is 0 Å². The molecule has 0 spiro atoms. The van der Waals surface area contributed by atoms with Gasteiger partial charge in [0.05, 0.1) is 0 Å². The third kappa shape index (κ3) is 11.8. The van der Waals surface area contributed by atoms with Crippen LogP contribution in [0.5, 0.6) is 0 Å².